The van der Waals surface area contributed by atoms with Crippen LogP contribution in [-0.4, -0.2) is 17.9 Å². The molecule has 0 saturated carbocycles. The maximum Gasteiger partial charge on any atom is 0.310 e. The number of ether oxygens (including phenoxy) is 3. The number of benzene rings is 1. The van der Waals surface area contributed by atoms with Crippen LogP contribution >= 0.6 is 0 Å². The number of carbonyl (C=O) groups is 3. The van der Waals surface area contributed by atoms with Crippen molar-refractivity contribution < 1.29 is 28.6 Å². The highest BCUT2D eigenvalue weighted by molar-refractivity contribution is 5.72. The molecule has 6 nitrogen and oxygen atoms in total. The predicted molar refractivity (Wildman–Crippen MR) is 87.1 cm³/mol. The van der Waals surface area contributed by atoms with E-state index in [-0.39, 0.29) is 25.2 Å². The van der Waals surface area contributed by atoms with Gasteiger partial charge in [0, 0.05) is 24.8 Å². The van der Waals surface area contributed by atoms with Gasteiger partial charge < -0.3 is 14.2 Å². The standard InChI is InChI=1S/C18H24O6/c1-4-7-16(20)23-18(24-17(21)8-5-2)13-9-11-14(12-10-13)22-15(19)6-3/h9-12,18H,4-8H2,1-3H3. The Balaban J connectivity index is 2.85. The van der Waals surface area contributed by atoms with E-state index in [4.69, 9.17) is 14.2 Å². The van der Waals surface area contributed by atoms with Gasteiger partial charge >= 0.3 is 17.9 Å². The minimum atomic E-state index is -1.10. The molecule has 0 spiro atoms. The molecule has 0 fully saturated rings. The Bertz CT molecular complexity index is 529. The predicted octanol–water partition coefficient (Wildman–Crippen LogP) is 3.69. The monoisotopic (exact) mass is 336 g/mol. The van der Waals surface area contributed by atoms with Crippen LogP contribution in [0.2, 0.25) is 0 Å². The highest BCUT2D eigenvalue weighted by Gasteiger charge is 2.21. The SMILES string of the molecule is CCCC(=O)OC(OC(=O)CCC)c1ccc(OC(=O)CC)cc1. The van der Waals surface area contributed by atoms with E-state index < -0.39 is 18.2 Å². The smallest absolute Gasteiger partial charge is 0.310 e. The van der Waals surface area contributed by atoms with Crippen LogP contribution in [0.25, 0.3) is 0 Å². The summed E-state index contributed by atoms with van der Waals surface area (Å²) in [5, 5.41) is 0. The molecule has 0 bridgehead atoms. The minimum Gasteiger partial charge on any atom is -0.427 e. The first-order valence-corrected chi connectivity index (χ1v) is 8.19. The lowest BCUT2D eigenvalue weighted by atomic mass is 10.2. The molecule has 132 valence electrons. The Hall–Kier alpha value is -2.37. The molecule has 0 radical (unpaired) electrons. The average molecular weight is 336 g/mol. The zero-order valence-corrected chi connectivity index (χ0v) is 14.4. The highest BCUT2D eigenvalue weighted by Crippen LogP contribution is 2.24. The summed E-state index contributed by atoms with van der Waals surface area (Å²) < 4.78 is 15.6. The molecule has 1 aromatic carbocycles. The van der Waals surface area contributed by atoms with Gasteiger partial charge in [0.1, 0.15) is 5.75 Å². The Morgan fingerprint density at radius 3 is 1.75 bits per heavy atom. The van der Waals surface area contributed by atoms with Crippen molar-refractivity contribution in [1.82, 2.24) is 0 Å². The van der Waals surface area contributed by atoms with Crippen LogP contribution in [0, 0.1) is 0 Å². The molecular formula is C18H24O6. The molecule has 1 aromatic rings. The third-order valence-corrected chi connectivity index (χ3v) is 3.06. The topological polar surface area (TPSA) is 78.9 Å². The van der Waals surface area contributed by atoms with Gasteiger partial charge in [0.15, 0.2) is 0 Å². The number of carbonyl (C=O) groups excluding carboxylic acids is 3. The second kappa shape index (κ2) is 10.4. The van der Waals surface area contributed by atoms with Crippen LogP contribution in [0.3, 0.4) is 0 Å². The number of hydrogen-bond acceptors (Lipinski definition) is 6. The average Bonchev–Trinajstić information content (AvgIpc) is 2.55. The van der Waals surface area contributed by atoms with Gasteiger partial charge in [-0.2, -0.15) is 0 Å². The van der Waals surface area contributed by atoms with E-state index in [1.165, 1.54) is 0 Å². The van der Waals surface area contributed by atoms with Crippen molar-refractivity contribution in [2.75, 3.05) is 0 Å². The van der Waals surface area contributed by atoms with E-state index in [1.54, 1.807) is 31.2 Å². The van der Waals surface area contributed by atoms with Crippen LogP contribution in [0.5, 0.6) is 5.75 Å². The van der Waals surface area contributed by atoms with Crippen molar-refractivity contribution in [2.24, 2.45) is 0 Å². The molecular weight excluding hydrogens is 312 g/mol. The van der Waals surface area contributed by atoms with E-state index in [1.807, 2.05) is 13.8 Å². The third kappa shape index (κ3) is 6.81. The second-order valence-electron chi connectivity index (χ2n) is 5.21. The fraction of sp³-hybridized carbons (Fsp3) is 0.500. The lowest BCUT2D eigenvalue weighted by Gasteiger charge is -2.18. The number of hydrogen-bond donors (Lipinski definition) is 0. The van der Waals surface area contributed by atoms with Crippen molar-refractivity contribution in [1.29, 1.82) is 0 Å². The summed E-state index contributed by atoms with van der Waals surface area (Å²) in [5.74, 6) is -0.839. The quantitative estimate of drug-likeness (QED) is 0.389. The first-order chi connectivity index (χ1) is 11.5. The van der Waals surface area contributed by atoms with Gasteiger partial charge in [-0.05, 0) is 37.1 Å². The summed E-state index contributed by atoms with van der Waals surface area (Å²) in [4.78, 5) is 34.7. The molecule has 0 unspecified atom stereocenters. The van der Waals surface area contributed by atoms with Gasteiger partial charge in [-0.25, -0.2) is 0 Å². The summed E-state index contributed by atoms with van der Waals surface area (Å²) >= 11 is 0. The lowest BCUT2D eigenvalue weighted by Crippen LogP contribution is -2.18. The first kappa shape index (κ1) is 19.7. The Kier molecular flexibility index (Phi) is 8.54. The largest absolute Gasteiger partial charge is 0.427 e. The molecule has 24 heavy (non-hydrogen) atoms. The summed E-state index contributed by atoms with van der Waals surface area (Å²) in [5.41, 5.74) is 0.500. The maximum absolute atomic E-state index is 11.7. The van der Waals surface area contributed by atoms with Crippen LogP contribution in [-0.2, 0) is 23.9 Å². The molecule has 0 aromatic heterocycles. The van der Waals surface area contributed by atoms with E-state index in [2.05, 4.69) is 0 Å². The van der Waals surface area contributed by atoms with Gasteiger partial charge in [-0.1, -0.05) is 20.8 Å². The minimum absolute atomic E-state index is 0.244. The molecule has 0 aliphatic heterocycles. The van der Waals surface area contributed by atoms with Gasteiger partial charge in [0.2, 0.25) is 0 Å². The lowest BCUT2D eigenvalue weighted by molar-refractivity contribution is -0.189. The normalized spacial score (nSPS) is 10.3. The van der Waals surface area contributed by atoms with Gasteiger partial charge in [0.05, 0.1) is 0 Å². The zero-order chi connectivity index (χ0) is 17.9. The molecule has 0 N–H and O–H groups in total. The van der Waals surface area contributed by atoms with Gasteiger partial charge in [0.25, 0.3) is 6.29 Å². The Morgan fingerprint density at radius 2 is 1.33 bits per heavy atom. The van der Waals surface area contributed by atoms with Gasteiger partial charge in [-0.3, -0.25) is 14.4 Å². The van der Waals surface area contributed by atoms with E-state index in [0.29, 0.717) is 24.2 Å². The maximum atomic E-state index is 11.7. The van der Waals surface area contributed by atoms with Crippen LogP contribution in [0.15, 0.2) is 24.3 Å². The molecule has 1 rings (SSSR count). The first-order valence-electron chi connectivity index (χ1n) is 8.19. The van der Waals surface area contributed by atoms with Crippen molar-refractivity contribution in [3.63, 3.8) is 0 Å². The fourth-order valence-electron chi connectivity index (χ4n) is 1.82. The van der Waals surface area contributed by atoms with Crippen molar-refractivity contribution in [2.45, 2.75) is 59.2 Å². The van der Waals surface area contributed by atoms with Crippen LogP contribution in [0.4, 0.5) is 0 Å². The number of esters is 3. The molecule has 6 heteroatoms. The van der Waals surface area contributed by atoms with E-state index in [9.17, 15) is 14.4 Å². The van der Waals surface area contributed by atoms with E-state index >= 15 is 0 Å². The summed E-state index contributed by atoms with van der Waals surface area (Å²) in [6.45, 7) is 5.42. The Morgan fingerprint density at radius 1 is 0.833 bits per heavy atom. The molecule has 0 atom stereocenters. The molecule has 0 saturated heterocycles. The van der Waals surface area contributed by atoms with Crippen molar-refractivity contribution >= 4 is 17.9 Å². The molecule has 0 heterocycles. The third-order valence-electron chi connectivity index (χ3n) is 3.06. The zero-order valence-electron chi connectivity index (χ0n) is 14.4. The summed E-state index contributed by atoms with van der Waals surface area (Å²) in [6, 6.07) is 6.33. The second-order valence-corrected chi connectivity index (χ2v) is 5.21. The van der Waals surface area contributed by atoms with Crippen molar-refractivity contribution in [3.8, 4) is 5.75 Å². The van der Waals surface area contributed by atoms with Crippen LogP contribution in [0.1, 0.15) is 64.7 Å². The molecule has 0 aliphatic carbocycles. The highest BCUT2D eigenvalue weighted by atomic mass is 16.7. The summed E-state index contributed by atoms with van der Waals surface area (Å²) in [7, 11) is 0. The van der Waals surface area contributed by atoms with Gasteiger partial charge in [-0.15, -0.1) is 0 Å². The van der Waals surface area contributed by atoms with Crippen LogP contribution < -0.4 is 4.74 Å². The van der Waals surface area contributed by atoms with E-state index in [0.717, 1.165) is 0 Å². The molecule has 0 aliphatic rings. The number of rotatable bonds is 9. The summed E-state index contributed by atoms with van der Waals surface area (Å²) in [6.07, 6.45) is 0.940. The molecule has 0 amide bonds. The fourth-order valence-corrected chi connectivity index (χ4v) is 1.82. The Labute approximate surface area is 142 Å². The van der Waals surface area contributed by atoms with Crippen molar-refractivity contribution in [3.05, 3.63) is 29.8 Å².